The molecule has 0 bridgehead atoms. The maximum absolute atomic E-state index is 12.2. The van der Waals surface area contributed by atoms with Crippen LogP contribution in [0.3, 0.4) is 0 Å². The molecule has 0 fully saturated rings. The second kappa shape index (κ2) is 6.75. The van der Waals surface area contributed by atoms with Crippen LogP contribution < -0.4 is 10.1 Å². The van der Waals surface area contributed by atoms with Gasteiger partial charge in [0.2, 0.25) is 5.88 Å². The third kappa shape index (κ3) is 3.43. The van der Waals surface area contributed by atoms with E-state index in [4.69, 9.17) is 9.47 Å². The fraction of sp³-hybridized carbons (Fsp3) is 0.267. The molecule has 0 aliphatic carbocycles. The van der Waals surface area contributed by atoms with Crippen molar-refractivity contribution in [3.05, 3.63) is 41.6 Å². The average Bonchev–Trinajstić information content (AvgIpc) is 2.89. The Morgan fingerprint density at radius 1 is 1.27 bits per heavy atom. The highest BCUT2D eigenvalue weighted by atomic mass is 16.5. The monoisotopic (exact) mass is 303 g/mol. The van der Waals surface area contributed by atoms with E-state index in [9.17, 15) is 9.59 Å². The van der Waals surface area contributed by atoms with Gasteiger partial charge in [0, 0.05) is 18.9 Å². The van der Waals surface area contributed by atoms with Gasteiger partial charge in [-0.05, 0) is 31.2 Å². The Balaban J connectivity index is 2.10. The van der Waals surface area contributed by atoms with Gasteiger partial charge in [0.25, 0.3) is 5.91 Å². The van der Waals surface area contributed by atoms with Crippen LogP contribution in [0.4, 0.5) is 5.69 Å². The van der Waals surface area contributed by atoms with Crippen molar-refractivity contribution < 1.29 is 19.1 Å². The number of hydrogen-bond donors (Lipinski definition) is 1. The molecule has 2 rings (SSSR count). The van der Waals surface area contributed by atoms with Gasteiger partial charge in [0.05, 0.1) is 19.3 Å². The summed E-state index contributed by atoms with van der Waals surface area (Å²) in [5.74, 6) is -0.480. The van der Waals surface area contributed by atoms with Crippen molar-refractivity contribution in [1.82, 2.24) is 9.78 Å². The zero-order valence-corrected chi connectivity index (χ0v) is 12.6. The lowest BCUT2D eigenvalue weighted by Crippen LogP contribution is -2.12. The van der Waals surface area contributed by atoms with Crippen LogP contribution in [-0.2, 0) is 11.8 Å². The molecule has 7 heteroatoms. The Hall–Kier alpha value is -2.83. The van der Waals surface area contributed by atoms with Crippen LogP contribution in [0.5, 0.6) is 5.88 Å². The number of nitrogens with zero attached hydrogens (tertiary/aromatic N) is 2. The normalized spacial score (nSPS) is 10.1. The van der Waals surface area contributed by atoms with Gasteiger partial charge in [-0.3, -0.25) is 9.48 Å². The number of rotatable bonds is 5. The minimum atomic E-state index is -0.394. The molecule has 1 N–H and O–H groups in total. The molecule has 0 saturated carbocycles. The van der Waals surface area contributed by atoms with E-state index in [0.717, 1.165) is 0 Å². The molecule has 1 aromatic carbocycles. The minimum Gasteiger partial charge on any atom is -0.479 e. The lowest BCUT2D eigenvalue weighted by molar-refractivity contribution is 0.0526. The van der Waals surface area contributed by atoms with Gasteiger partial charge in [-0.15, -0.1) is 5.10 Å². The predicted molar refractivity (Wildman–Crippen MR) is 80.1 cm³/mol. The Kier molecular flexibility index (Phi) is 4.77. The van der Waals surface area contributed by atoms with Crippen molar-refractivity contribution >= 4 is 17.6 Å². The Morgan fingerprint density at radius 2 is 1.95 bits per heavy atom. The van der Waals surface area contributed by atoms with E-state index in [2.05, 4.69) is 10.4 Å². The number of ether oxygens (including phenoxy) is 2. The third-order valence-corrected chi connectivity index (χ3v) is 2.89. The molecule has 0 unspecified atom stereocenters. The van der Waals surface area contributed by atoms with Gasteiger partial charge in [0.15, 0.2) is 0 Å². The van der Waals surface area contributed by atoms with E-state index >= 15 is 0 Å². The first-order valence-corrected chi connectivity index (χ1v) is 6.71. The molecule has 1 aromatic heterocycles. The van der Waals surface area contributed by atoms with E-state index in [1.807, 2.05) is 0 Å². The first-order valence-electron chi connectivity index (χ1n) is 6.71. The van der Waals surface area contributed by atoms with Gasteiger partial charge in [-0.25, -0.2) is 4.79 Å². The summed E-state index contributed by atoms with van der Waals surface area (Å²) >= 11 is 0. The predicted octanol–water partition coefficient (Wildman–Crippen LogP) is 1.86. The van der Waals surface area contributed by atoms with Crippen molar-refractivity contribution in [3.63, 3.8) is 0 Å². The second-order valence-electron chi connectivity index (χ2n) is 4.48. The Labute approximate surface area is 127 Å². The number of hydrogen-bond acceptors (Lipinski definition) is 5. The topological polar surface area (TPSA) is 82.5 Å². The Bertz CT molecular complexity index is 677. The summed E-state index contributed by atoms with van der Waals surface area (Å²) in [6.45, 7) is 2.06. The summed E-state index contributed by atoms with van der Waals surface area (Å²) in [6.07, 6.45) is 1.57. The molecule has 0 aliphatic rings. The van der Waals surface area contributed by atoms with E-state index in [0.29, 0.717) is 23.4 Å². The first kappa shape index (κ1) is 15.6. The largest absolute Gasteiger partial charge is 0.479 e. The van der Waals surface area contributed by atoms with Crippen molar-refractivity contribution in [2.45, 2.75) is 6.92 Å². The van der Waals surface area contributed by atoms with Gasteiger partial charge >= 0.3 is 5.97 Å². The minimum absolute atomic E-state index is 0.253. The van der Waals surface area contributed by atoms with Crippen LogP contribution in [0, 0.1) is 0 Å². The maximum Gasteiger partial charge on any atom is 0.338 e. The summed E-state index contributed by atoms with van der Waals surface area (Å²) in [5, 5.41) is 6.74. The van der Waals surface area contributed by atoms with Gasteiger partial charge in [0.1, 0.15) is 5.56 Å². The molecule has 22 heavy (non-hydrogen) atoms. The number of carbonyl (C=O) groups excluding carboxylic acids is 2. The molecule has 2 aromatic rings. The fourth-order valence-electron chi connectivity index (χ4n) is 1.88. The number of nitrogens with one attached hydrogen (secondary N) is 1. The number of carbonyl (C=O) groups is 2. The number of benzene rings is 1. The molecule has 0 aliphatic heterocycles. The molecular formula is C15H17N3O4. The van der Waals surface area contributed by atoms with Crippen molar-refractivity contribution in [1.29, 1.82) is 0 Å². The third-order valence-electron chi connectivity index (χ3n) is 2.89. The highest BCUT2D eigenvalue weighted by Crippen LogP contribution is 2.17. The van der Waals surface area contributed by atoms with Crippen LogP contribution >= 0.6 is 0 Å². The van der Waals surface area contributed by atoms with E-state index in [1.165, 1.54) is 11.8 Å². The summed E-state index contributed by atoms with van der Waals surface area (Å²) < 4.78 is 11.4. The average molecular weight is 303 g/mol. The van der Waals surface area contributed by atoms with Gasteiger partial charge in [-0.2, -0.15) is 0 Å². The first-order chi connectivity index (χ1) is 10.5. The Morgan fingerprint density at radius 3 is 2.55 bits per heavy atom. The SMILES string of the molecule is CCOC(=O)c1ccc(NC(=O)c2cn(C)nc2OC)cc1. The number of esters is 1. The molecule has 116 valence electrons. The highest BCUT2D eigenvalue weighted by Gasteiger charge is 2.16. The van der Waals surface area contributed by atoms with Crippen molar-refractivity contribution in [2.24, 2.45) is 7.05 Å². The highest BCUT2D eigenvalue weighted by molar-refractivity contribution is 6.05. The lowest BCUT2D eigenvalue weighted by Gasteiger charge is -2.06. The number of methoxy groups -OCH3 is 1. The van der Waals surface area contributed by atoms with E-state index < -0.39 is 5.97 Å². The van der Waals surface area contributed by atoms with Gasteiger partial charge < -0.3 is 14.8 Å². The molecule has 0 spiro atoms. The molecule has 0 radical (unpaired) electrons. The second-order valence-corrected chi connectivity index (χ2v) is 4.48. The molecule has 0 saturated heterocycles. The number of aromatic nitrogens is 2. The van der Waals surface area contributed by atoms with Crippen LogP contribution in [-0.4, -0.2) is 35.4 Å². The lowest BCUT2D eigenvalue weighted by atomic mass is 10.2. The van der Waals surface area contributed by atoms with Crippen molar-refractivity contribution in [3.8, 4) is 5.88 Å². The summed E-state index contributed by atoms with van der Waals surface area (Å²) in [5.41, 5.74) is 1.32. The van der Waals surface area contributed by atoms with Gasteiger partial charge in [-0.1, -0.05) is 0 Å². The number of amides is 1. The van der Waals surface area contributed by atoms with Crippen LogP contribution in [0.15, 0.2) is 30.5 Å². The summed E-state index contributed by atoms with van der Waals surface area (Å²) in [7, 11) is 3.15. The number of anilines is 1. The number of aryl methyl sites for hydroxylation is 1. The van der Waals surface area contributed by atoms with Crippen LogP contribution in [0.1, 0.15) is 27.6 Å². The van der Waals surface area contributed by atoms with E-state index in [1.54, 1.807) is 44.4 Å². The quantitative estimate of drug-likeness (QED) is 0.852. The zero-order chi connectivity index (χ0) is 16.1. The molecule has 1 heterocycles. The van der Waals surface area contributed by atoms with E-state index in [-0.39, 0.29) is 11.8 Å². The standard InChI is InChI=1S/C15H17N3O4/c1-4-22-15(20)10-5-7-11(8-6-10)16-13(19)12-9-18(2)17-14(12)21-3/h5-9H,4H2,1-3H3,(H,16,19). The maximum atomic E-state index is 12.2. The molecule has 7 nitrogen and oxygen atoms in total. The molecule has 0 atom stereocenters. The molecule has 1 amide bonds. The summed E-state index contributed by atoms with van der Waals surface area (Å²) in [6, 6.07) is 6.45. The molecular weight excluding hydrogens is 286 g/mol. The summed E-state index contributed by atoms with van der Waals surface area (Å²) in [4.78, 5) is 23.7. The van der Waals surface area contributed by atoms with Crippen LogP contribution in [0.2, 0.25) is 0 Å². The van der Waals surface area contributed by atoms with Crippen LogP contribution in [0.25, 0.3) is 0 Å². The zero-order valence-electron chi connectivity index (χ0n) is 12.6. The smallest absolute Gasteiger partial charge is 0.338 e. The van der Waals surface area contributed by atoms with Crippen molar-refractivity contribution in [2.75, 3.05) is 19.0 Å². The fourth-order valence-corrected chi connectivity index (χ4v) is 1.88.